The first kappa shape index (κ1) is 7.18. The van der Waals surface area contributed by atoms with E-state index in [9.17, 15) is 0 Å². The number of hydrogen-bond acceptors (Lipinski definition) is 1. The molecule has 0 amide bonds. The zero-order valence-electron chi connectivity index (χ0n) is 4.32. The SMILES string of the molecule is C=C(C)C(Br)CO. The molecule has 1 N–H and O–H groups in total. The summed E-state index contributed by atoms with van der Waals surface area (Å²) in [5.74, 6) is 0. The first-order valence-corrected chi connectivity index (χ1v) is 3.00. The molecule has 1 nitrogen and oxygen atoms in total. The van der Waals surface area contributed by atoms with E-state index in [1.165, 1.54) is 0 Å². The molecule has 0 fully saturated rings. The lowest BCUT2D eigenvalue weighted by atomic mass is 10.3. The van der Waals surface area contributed by atoms with Crippen LogP contribution >= 0.6 is 15.9 Å². The molecule has 0 aliphatic carbocycles. The van der Waals surface area contributed by atoms with E-state index in [-0.39, 0.29) is 11.4 Å². The maximum atomic E-state index is 8.40. The quantitative estimate of drug-likeness (QED) is 0.483. The topological polar surface area (TPSA) is 20.2 Å². The second-order valence-electron chi connectivity index (χ2n) is 1.50. The third-order valence-electron chi connectivity index (χ3n) is 0.695. The lowest BCUT2D eigenvalue weighted by Gasteiger charge is -2.01. The van der Waals surface area contributed by atoms with Crippen LogP contribution in [0.3, 0.4) is 0 Å². The Bertz CT molecular complexity index is 70.5. The fourth-order valence-electron chi connectivity index (χ4n) is 0.156. The zero-order chi connectivity index (χ0) is 5.86. The third kappa shape index (κ3) is 2.83. The molecule has 2 heteroatoms. The van der Waals surface area contributed by atoms with E-state index in [4.69, 9.17) is 5.11 Å². The van der Waals surface area contributed by atoms with Crippen LogP contribution in [-0.4, -0.2) is 16.5 Å². The Hall–Kier alpha value is 0.180. The van der Waals surface area contributed by atoms with E-state index < -0.39 is 0 Å². The van der Waals surface area contributed by atoms with Crippen molar-refractivity contribution in [1.82, 2.24) is 0 Å². The fraction of sp³-hybridized carbons (Fsp3) is 0.600. The summed E-state index contributed by atoms with van der Waals surface area (Å²) in [6.07, 6.45) is 0. The molecule has 0 rings (SSSR count). The smallest absolute Gasteiger partial charge is 0.0594 e. The van der Waals surface area contributed by atoms with Gasteiger partial charge in [-0.2, -0.15) is 0 Å². The van der Waals surface area contributed by atoms with Gasteiger partial charge in [-0.1, -0.05) is 28.1 Å². The maximum Gasteiger partial charge on any atom is 0.0594 e. The highest BCUT2D eigenvalue weighted by Gasteiger charge is 1.98. The minimum Gasteiger partial charge on any atom is -0.395 e. The number of rotatable bonds is 2. The fourth-order valence-corrected chi connectivity index (χ4v) is 0.156. The van der Waals surface area contributed by atoms with Gasteiger partial charge in [-0.3, -0.25) is 0 Å². The van der Waals surface area contributed by atoms with Crippen LogP contribution < -0.4 is 0 Å². The van der Waals surface area contributed by atoms with Crippen molar-refractivity contribution >= 4 is 15.9 Å². The van der Waals surface area contributed by atoms with Crippen LogP contribution in [0.5, 0.6) is 0 Å². The van der Waals surface area contributed by atoms with Gasteiger partial charge in [-0.15, -0.1) is 0 Å². The van der Waals surface area contributed by atoms with E-state index in [1.54, 1.807) is 0 Å². The van der Waals surface area contributed by atoms with Crippen LogP contribution in [-0.2, 0) is 0 Å². The minimum atomic E-state index is 0.0764. The lowest BCUT2D eigenvalue weighted by molar-refractivity contribution is 0.306. The number of hydrogen-bond donors (Lipinski definition) is 1. The predicted molar refractivity (Wildman–Crippen MR) is 34.6 cm³/mol. The predicted octanol–water partition coefficient (Wildman–Crippen LogP) is 1.32. The van der Waals surface area contributed by atoms with Crippen molar-refractivity contribution in [2.24, 2.45) is 0 Å². The summed E-state index contributed by atoms with van der Waals surface area (Å²) in [6, 6.07) is 0. The molecule has 0 heterocycles. The highest BCUT2D eigenvalue weighted by atomic mass is 79.9. The van der Waals surface area contributed by atoms with Crippen LogP contribution in [0.25, 0.3) is 0 Å². The van der Waals surface area contributed by atoms with Gasteiger partial charge in [-0.25, -0.2) is 0 Å². The number of halogens is 1. The van der Waals surface area contributed by atoms with Crippen LogP contribution in [0.2, 0.25) is 0 Å². The normalized spacial score (nSPS) is 13.6. The Morgan fingerprint density at radius 1 is 2.00 bits per heavy atom. The number of aliphatic hydroxyl groups excluding tert-OH is 1. The van der Waals surface area contributed by atoms with Crippen molar-refractivity contribution in [2.45, 2.75) is 11.8 Å². The second-order valence-corrected chi connectivity index (χ2v) is 2.60. The van der Waals surface area contributed by atoms with E-state index in [0.29, 0.717) is 0 Å². The summed E-state index contributed by atoms with van der Waals surface area (Å²) in [5, 5.41) is 8.40. The van der Waals surface area contributed by atoms with Crippen molar-refractivity contribution in [1.29, 1.82) is 0 Å². The summed E-state index contributed by atoms with van der Waals surface area (Å²) in [5.41, 5.74) is 0.961. The first-order valence-electron chi connectivity index (χ1n) is 2.08. The first-order chi connectivity index (χ1) is 3.18. The minimum absolute atomic E-state index is 0.0764. The molecule has 42 valence electrons. The second kappa shape index (κ2) is 3.22. The Labute approximate surface area is 52.2 Å². The van der Waals surface area contributed by atoms with Crippen molar-refractivity contribution in [3.8, 4) is 0 Å². The molecule has 0 spiro atoms. The molecule has 0 aromatic carbocycles. The number of aliphatic hydroxyl groups is 1. The molecule has 1 unspecified atom stereocenters. The van der Waals surface area contributed by atoms with Crippen molar-refractivity contribution in [3.63, 3.8) is 0 Å². The molecule has 1 atom stereocenters. The molecule has 0 aromatic rings. The molecule has 0 saturated heterocycles. The number of alkyl halides is 1. The molecule has 0 aliphatic heterocycles. The zero-order valence-corrected chi connectivity index (χ0v) is 5.90. The van der Waals surface area contributed by atoms with Gasteiger partial charge >= 0.3 is 0 Å². The summed E-state index contributed by atoms with van der Waals surface area (Å²) in [7, 11) is 0. The molecular weight excluding hydrogens is 156 g/mol. The highest BCUT2D eigenvalue weighted by Crippen LogP contribution is 2.06. The Morgan fingerprint density at radius 3 is 2.43 bits per heavy atom. The highest BCUT2D eigenvalue weighted by molar-refractivity contribution is 9.09. The van der Waals surface area contributed by atoms with Gasteiger partial charge in [0.1, 0.15) is 0 Å². The van der Waals surface area contributed by atoms with Gasteiger partial charge in [0.25, 0.3) is 0 Å². The lowest BCUT2D eigenvalue weighted by Crippen LogP contribution is -2.03. The van der Waals surface area contributed by atoms with Gasteiger partial charge < -0.3 is 5.11 Å². The Kier molecular flexibility index (Phi) is 3.30. The van der Waals surface area contributed by atoms with Gasteiger partial charge in [0.2, 0.25) is 0 Å². The van der Waals surface area contributed by atoms with Crippen molar-refractivity contribution in [2.75, 3.05) is 6.61 Å². The molecular formula is C5H9BrO. The van der Waals surface area contributed by atoms with Crippen LogP contribution in [0.1, 0.15) is 6.92 Å². The van der Waals surface area contributed by atoms with E-state index in [2.05, 4.69) is 22.5 Å². The van der Waals surface area contributed by atoms with E-state index >= 15 is 0 Å². The standard InChI is InChI=1S/C5H9BrO/c1-4(2)5(6)3-7/h5,7H,1,3H2,2H3. The van der Waals surface area contributed by atoms with Gasteiger partial charge in [0, 0.05) is 0 Å². The van der Waals surface area contributed by atoms with Gasteiger partial charge in [0.05, 0.1) is 11.4 Å². The summed E-state index contributed by atoms with van der Waals surface area (Å²) < 4.78 is 0. The van der Waals surface area contributed by atoms with Crippen molar-refractivity contribution < 1.29 is 5.11 Å². The molecule has 0 bridgehead atoms. The largest absolute Gasteiger partial charge is 0.395 e. The van der Waals surface area contributed by atoms with E-state index in [1.807, 2.05) is 6.92 Å². The van der Waals surface area contributed by atoms with Crippen LogP contribution in [0.15, 0.2) is 12.2 Å². The van der Waals surface area contributed by atoms with Crippen LogP contribution in [0.4, 0.5) is 0 Å². The third-order valence-corrected chi connectivity index (χ3v) is 1.77. The average molecular weight is 165 g/mol. The van der Waals surface area contributed by atoms with E-state index in [0.717, 1.165) is 5.57 Å². The van der Waals surface area contributed by atoms with Gasteiger partial charge in [-0.05, 0) is 6.92 Å². The summed E-state index contributed by atoms with van der Waals surface area (Å²) >= 11 is 3.19. The summed E-state index contributed by atoms with van der Waals surface area (Å²) in [6.45, 7) is 5.62. The monoisotopic (exact) mass is 164 g/mol. The molecule has 0 radical (unpaired) electrons. The Morgan fingerprint density at radius 2 is 2.43 bits per heavy atom. The van der Waals surface area contributed by atoms with Gasteiger partial charge in [0.15, 0.2) is 0 Å². The Balaban J connectivity index is 3.34. The van der Waals surface area contributed by atoms with Crippen LogP contribution in [0, 0.1) is 0 Å². The average Bonchev–Trinajstić information content (AvgIpc) is 1.65. The summed E-state index contributed by atoms with van der Waals surface area (Å²) in [4.78, 5) is 0.0764. The van der Waals surface area contributed by atoms with Crippen molar-refractivity contribution in [3.05, 3.63) is 12.2 Å². The molecule has 0 aliphatic rings. The molecule has 7 heavy (non-hydrogen) atoms. The molecule has 0 saturated carbocycles. The maximum absolute atomic E-state index is 8.40. The molecule has 0 aromatic heterocycles.